The molecule has 2 N–H and O–H groups in total. The van der Waals surface area contributed by atoms with Gasteiger partial charge in [-0.15, -0.1) is 0 Å². The molecule has 94 valence electrons. The molecule has 1 aromatic carbocycles. The highest BCUT2D eigenvalue weighted by atomic mass is 32.2. The smallest absolute Gasteiger partial charge is 0.350 e. The number of rotatable bonds is 3. The summed E-state index contributed by atoms with van der Waals surface area (Å²) in [7, 11) is -4.52. The minimum Gasteiger partial charge on any atom is -0.383 e. The molecule has 0 aliphatic carbocycles. The second-order valence-electron chi connectivity index (χ2n) is 3.86. The van der Waals surface area contributed by atoms with Gasteiger partial charge in [-0.05, 0) is 18.1 Å². The first kappa shape index (κ1) is 12.3. The molecule has 0 spiro atoms. The minimum absolute atomic E-state index is 0.308. The van der Waals surface area contributed by atoms with Crippen LogP contribution in [0.25, 0.3) is 0 Å². The van der Waals surface area contributed by atoms with Crippen LogP contribution in [-0.2, 0) is 16.4 Å². The molecule has 1 aliphatic rings. The van der Waals surface area contributed by atoms with Crippen molar-refractivity contribution in [1.29, 1.82) is 0 Å². The summed E-state index contributed by atoms with van der Waals surface area (Å²) in [6, 6.07) is 6.85. The number of anilines is 1. The molecule has 0 fully saturated rings. The maximum atomic E-state index is 12.2. The topological polar surface area (TPSA) is 58.2 Å². The number of nitrogens with one attached hydrogen (secondary N) is 2. The molecule has 0 saturated heterocycles. The van der Waals surface area contributed by atoms with Gasteiger partial charge >= 0.3 is 5.76 Å². The quantitative estimate of drug-likeness (QED) is 0.859. The summed E-state index contributed by atoms with van der Waals surface area (Å²) in [5, 5.41) is 3.00. The Hall–Kier alpha value is -1.21. The Balaban J connectivity index is 2.09. The monoisotopic (exact) mass is 262 g/mol. The number of benzene rings is 1. The Bertz CT molecular complexity index is 505. The van der Waals surface area contributed by atoms with Crippen LogP contribution in [0.15, 0.2) is 24.3 Å². The molecular formula is C10H12F2N2O2S. The van der Waals surface area contributed by atoms with E-state index in [1.54, 1.807) is 0 Å². The third-order valence-electron chi connectivity index (χ3n) is 2.59. The first-order valence-electron chi connectivity index (χ1n) is 5.10. The van der Waals surface area contributed by atoms with Crippen LogP contribution in [0.4, 0.5) is 14.5 Å². The summed E-state index contributed by atoms with van der Waals surface area (Å²) in [6.07, 6.45) is 0.412. The Labute approximate surface area is 98.1 Å². The standard InChI is InChI=1S/C10H12F2N2O2S/c11-10(12)17(15,16)14-8-5-7-3-1-2-4-9(7)13-6-8/h1-4,8,10,13-14H,5-6H2. The Morgan fingerprint density at radius 1 is 1.35 bits per heavy atom. The molecule has 1 aliphatic heterocycles. The highest BCUT2D eigenvalue weighted by Crippen LogP contribution is 2.21. The molecule has 1 aromatic rings. The second-order valence-corrected chi connectivity index (χ2v) is 5.54. The van der Waals surface area contributed by atoms with E-state index in [9.17, 15) is 17.2 Å². The van der Waals surface area contributed by atoms with E-state index >= 15 is 0 Å². The fourth-order valence-electron chi connectivity index (χ4n) is 1.81. The van der Waals surface area contributed by atoms with E-state index in [4.69, 9.17) is 0 Å². The first-order valence-corrected chi connectivity index (χ1v) is 6.65. The van der Waals surface area contributed by atoms with Gasteiger partial charge < -0.3 is 5.32 Å². The van der Waals surface area contributed by atoms with Gasteiger partial charge in [-0.3, -0.25) is 0 Å². The largest absolute Gasteiger partial charge is 0.383 e. The molecule has 17 heavy (non-hydrogen) atoms. The molecule has 4 nitrogen and oxygen atoms in total. The van der Waals surface area contributed by atoms with Crippen LogP contribution in [-0.4, -0.2) is 26.8 Å². The zero-order chi connectivity index (χ0) is 12.5. The lowest BCUT2D eigenvalue weighted by molar-refractivity contribution is 0.231. The number of para-hydroxylation sites is 1. The zero-order valence-corrected chi connectivity index (χ0v) is 9.68. The van der Waals surface area contributed by atoms with E-state index in [-0.39, 0.29) is 0 Å². The highest BCUT2D eigenvalue weighted by Gasteiger charge is 2.29. The van der Waals surface area contributed by atoms with Crippen molar-refractivity contribution in [3.05, 3.63) is 29.8 Å². The van der Waals surface area contributed by atoms with Crippen molar-refractivity contribution in [2.75, 3.05) is 11.9 Å². The molecule has 0 saturated carbocycles. The van der Waals surface area contributed by atoms with Crippen LogP contribution in [0.1, 0.15) is 5.56 Å². The van der Waals surface area contributed by atoms with Gasteiger partial charge in [0.25, 0.3) is 10.0 Å². The summed E-state index contributed by atoms with van der Waals surface area (Å²) in [6.45, 7) is 0.308. The maximum absolute atomic E-state index is 12.2. The summed E-state index contributed by atoms with van der Waals surface area (Å²) < 4.78 is 48.4. The molecule has 7 heteroatoms. The van der Waals surface area contributed by atoms with Crippen molar-refractivity contribution in [2.45, 2.75) is 18.2 Å². The highest BCUT2D eigenvalue weighted by molar-refractivity contribution is 7.89. The fraction of sp³-hybridized carbons (Fsp3) is 0.400. The van der Waals surface area contributed by atoms with E-state index in [0.717, 1.165) is 11.3 Å². The molecule has 1 atom stereocenters. The van der Waals surface area contributed by atoms with Gasteiger partial charge in [0, 0.05) is 18.3 Å². The van der Waals surface area contributed by atoms with E-state index in [2.05, 4.69) is 5.32 Å². The van der Waals surface area contributed by atoms with Crippen molar-refractivity contribution in [2.24, 2.45) is 0 Å². The number of hydrogen-bond acceptors (Lipinski definition) is 3. The van der Waals surface area contributed by atoms with Crippen molar-refractivity contribution >= 4 is 15.7 Å². The summed E-state index contributed by atoms with van der Waals surface area (Å²) in [5.41, 5.74) is 1.83. The molecule has 0 aromatic heterocycles. The Morgan fingerprint density at radius 2 is 2.06 bits per heavy atom. The summed E-state index contributed by atoms with van der Waals surface area (Å²) in [5.74, 6) is -3.39. The van der Waals surface area contributed by atoms with Gasteiger partial charge in [0.15, 0.2) is 0 Å². The van der Waals surface area contributed by atoms with Crippen LogP contribution < -0.4 is 10.0 Å². The van der Waals surface area contributed by atoms with Crippen LogP contribution in [0.3, 0.4) is 0 Å². The molecule has 1 unspecified atom stereocenters. The molecule has 0 bridgehead atoms. The lowest BCUT2D eigenvalue weighted by atomic mass is 10.0. The minimum atomic E-state index is -4.52. The van der Waals surface area contributed by atoms with Crippen LogP contribution >= 0.6 is 0 Å². The fourth-order valence-corrected chi connectivity index (χ4v) is 2.54. The van der Waals surface area contributed by atoms with Gasteiger partial charge in [-0.2, -0.15) is 8.78 Å². The van der Waals surface area contributed by atoms with Crippen LogP contribution in [0.5, 0.6) is 0 Å². The normalized spacial score (nSPS) is 19.8. The lowest BCUT2D eigenvalue weighted by Crippen LogP contribution is -2.45. The number of sulfonamides is 1. The molecule has 2 rings (SSSR count). The van der Waals surface area contributed by atoms with E-state index in [0.29, 0.717) is 13.0 Å². The predicted octanol–water partition coefficient (Wildman–Crippen LogP) is 1.17. The number of halogens is 2. The average molecular weight is 262 g/mol. The molecule has 1 heterocycles. The molecular weight excluding hydrogens is 250 g/mol. The van der Waals surface area contributed by atoms with Crippen molar-refractivity contribution in [3.8, 4) is 0 Å². The maximum Gasteiger partial charge on any atom is 0.350 e. The average Bonchev–Trinajstić information content (AvgIpc) is 2.28. The number of alkyl halides is 2. The van der Waals surface area contributed by atoms with Crippen LogP contribution in [0.2, 0.25) is 0 Å². The zero-order valence-electron chi connectivity index (χ0n) is 8.86. The van der Waals surface area contributed by atoms with Gasteiger partial charge in [0.2, 0.25) is 0 Å². The van der Waals surface area contributed by atoms with Crippen LogP contribution in [0, 0.1) is 0 Å². The third kappa shape index (κ3) is 2.73. The van der Waals surface area contributed by atoms with Gasteiger partial charge in [-0.1, -0.05) is 18.2 Å². The van der Waals surface area contributed by atoms with E-state index < -0.39 is 21.8 Å². The molecule has 0 amide bonds. The summed E-state index contributed by atoms with van der Waals surface area (Å²) in [4.78, 5) is 0. The van der Waals surface area contributed by atoms with Gasteiger partial charge in [0.05, 0.1) is 0 Å². The first-order chi connectivity index (χ1) is 7.99. The second kappa shape index (κ2) is 4.58. The van der Waals surface area contributed by atoms with Crippen molar-refractivity contribution in [1.82, 2.24) is 4.72 Å². The predicted molar refractivity (Wildman–Crippen MR) is 60.5 cm³/mol. The SMILES string of the molecule is O=S(=O)(NC1CNc2ccccc2C1)C(F)F. The van der Waals surface area contributed by atoms with Crippen molar-refractivity contribution < 1.29 is 17.2 Å². The van der Waals surface area contributed by atoms with Crippen molar-refractivity contribution in [3.63, 3.8) is 0 Å². The van der Waals surface area contributed by atoms with E-state index in [1.165, 1.54) is 0 Å². The lowest BCUT2D eigenvalue weighted by Gasteiger charge is -2.26. The summed E-state index contributed by atoms with van der Waals surface area (Å²) >= 11 is 0. The van der Waals surface area contributed by atoms with E-state index in [1.807, 2.05) is 29.0 Å². The molecule has 0 radical (unpaired) electrons. The van der Waals surface area contributed by atoms with Gasteiger partial charge in [-0.25, -0.2) is 13.1 Å². The number of hydrogen-bond donors (Lipinski definition) is 2. The number of fused-ring (bicyclic) bond motifs is 1. The Morgan fingerprint density at radius 3 is 2.76 bits per heavy atom. The van der Waals surface area contributed by atoms with Gasteiger partial charge in [0.1, 0.15) is 0 Å². The third-order valence-corrected chi connectivity index (χ3v) is 3.72. The Kier molecular flexibility index (Phi) is 3.30.